The first-order valence-corrected chi connectivity index (χ1v) is 11.4. The molecule has 33 heavy (non-hydrogen) atoms. The van der Waals surface area contributed by atoms with E-state index in [1.165, 1.54) is 17.7 Å². The second kappa shape index (κ2) is 10.6. The van der Waals surface area contributed by atoms with Gasteiger partial charge in [0.25, 0.3) is 0 Å². The molecule has 1 saturated heterocycles. The Kier molecular flexibility index (Phi) is 8.05. The molecule has 1 fully saturated rings. The molecule has 1 atom stereocenters. The number of piperidine rings is 1. The zero-order valence-electron chi connectivity index (χ0n) is 18.7. The van der Waals surface area contributed by atoms with Crippen molar-refractivity contribution in [3.05, 3.63) is 70.2 Å². The number of hydrogen-bond acceptors (Lipinski definition) is 2. The number of amides is 2. The van der Waals surface area contributed by atoms with Crippen LogP contribution in [0.3, 0.4) is 0 Å². The summed E-state index contributed by atoms with van der Waals surface area (Å²) in [6, 6.07) is 11.7. The van der Waals surface area contributed by atoms with E-state index in [-0.39, 0.29) is 23.8 Å². The van der Waals surface area contributed by atoms with Crippen molar-refractivity contribution in [3.63, 3.8) is 0 Å². The molecule has 0 spiro atoms. The Morgan fingerprint density at radius 3 is 2.30 bits per heavy atom. The Morgan fingerprint density at radius 2 is 1.73 bits per heavy atom. The van der Waals surface area contributed by atoms with Crippen LogP contribution in [0.1, 0.15) is 49.3 Å². The molecule has 8 heteroatoms. The molecule has 1 heterocycles. The maximum Gasteiger partial charge on any atom is 0.416 e. The highest BCUT2D eigenvalue weighted by molar-refractivity contribution is 6.30. The molecule has 2 aromatic rings. The van der Waals surface area contributed by atoms with Crippen molar-refractivity contribution in [1.82, 2.24) is 10.2 Å². The van der Waals surface area contributed by atoms with Crippen LogP contribution in [0.2, 0.25) is 5.02 Å². The summed E-state index contributed by atoms with van der Waals surface area (Å²) < 4.78 is 38.8. The molecule has 1 aliphatic heterocycles. The summed E-state index contributed by atoms with van der Waals surface area (Å²) in [6.45, 7) is 4.85. The first-order valence-electron chi connectivity index (χ1n) is 11.0. The van der Waals surface area contributed by atoms with Gasteiger partial charge in [0.1, 0.15) is 6.04 Å². The van der Waals surface area contributed by atoms with E-state index in [4.69, 9.17) is 11.6 Å². The fourth-order valence-electron chi connectivity index (χ4n) is 4.15. The predicted molar refractivity (Wildman–Crippen MR) is 122 cm³/mol. The average molecular weight is 481 g/mol. The van der Waals surface area contributed by atoms with Crippen LogP contribution in [-0.2, 0) is 22.2 Å². The highest BCUT2D eigenvalue weighted by Gasteiger charge is 2.32. The van der Waals surface area contributed by atoms with Crippen molar-refractivity contribution in [1.29, 1.82) is 0 Å². The van der Waals surface area contributed by atoms with Gasteiger partial charge in [0.15, 0.2) is 0 Å². The van der Waals surface area contributed by atoms with E-state index >= 15 is 0 Å². The largest absolute Gasteiger partial charge is 0.416 e. The van der Waals surface area contributed by atoms with E-state index in [0.717, 1.165) is 25.0 Å². The molecular weight excluding hydrogens is 453 g/mol. The number of carbonyl (C=O) groups excluding carboxylic acids is 2. The second-order valence-electron chi connectivity index (χ2n) is 8.82. The Balaban J connectivity index is 1.59. The van der Waals surface area contributed by atoms with E-state index in [1.54, 1.807) is 4.90 Å². The van der Waals surface area contributed by atoms with Crippen LogP contribution in [-0.4, -0.2) is 35.8 Å². The molecule has 1 N–H and O–H groups in total. The van der Waals surface area contributed by atoms with Gasteiger partial charge in [0.2, 0.25) is 11.8 Å². The molecule has 0 radical (unpaired) electrons. The maximum atomic E-state index is 13.1. The summed E-state index contributed by atoms with van der Waals surface area (Å²) in [6.07, 6.45) is -3.06. The summed E-state index contributed by atoms with van der Waals surface area (Å²) in [7, 11) is 0. The summed E-state index contributed by atoms with van der Waals surface area (Å²) >= 11 is 5.96. The normalized spacial score (nSPS) is 16.0. The number of halogens is 4. The SMILES string of the molecule is CC(C)[C@@H](NC(=O)Cc1cccc(C(F)(F)F)c1)C(=O)N1CCC(c2ccc(Cl)cc2)CC1. The minimum absolute atomic E-state index is 0.156. The lowest BCUT2D eigenvalue weighted by Gasteiger charge is -2.35. The van der Waals surface area contributed by atoms with E-state index in [2.05, 4.69) is 5.32 Å². The van der Waals surface area contributed by atoms with E-state index in [9.17, 15) is 22.8 Å². The van der Waals surface area contributed by atoms with Crippen molar-refractivity contribution in [2.75, 3.05) is 13.1 Å². The molecule has 0 aromatic heterocycles. The second-order valence-corrected chi connectivity index (χ2v) is 9.25. The van der Waals surface area contributed by atoms with Crippen molar-refractivity contribution >= 4 is 23.4 Å². The van der Waals surface area contributed by atoms with Gasteiger partial charge in [-0.15, -0.1) is 0 Å². The Labute approximate surface area is 197 Å². The first kappa shape index (κ1) is 25.1. The van der Waals surface area contributed by atoms with Gasteiger partial charge in [0.05, 0.1) is 12.0 Å². The number of likely N-dealkylation sites (tertiary alicyclic amines) is 1. The molecule has 178 valence electrons. The smallest absolute Gasteiger partial charge is 0.344 e. The molecule has 1 aliphatic rings. The van der Waals surface area contributed by atoms with Gasteiger partial charge >= 0.3 is 6.18 Å². The van der Waals surface area contributed by atoms with Gasteiger partial charge in [0, 0.05) is 18.1 Å². The summed E-state index contributed by atoms with van der Waals surface area (Å²) in [5.41, 5.74) is 0.648. The van der Waals surface area contributed by atoms with E-state index in [0.29, 0.717) is 24.0 Å². The number of nitrogens with one attached hydrogen (secondary N) is 1. The van der Waals surface area contributed by atoms with Crippen LogP contribution >= 0.6 is 11.6 Å². The Morgan fingerprint density at radius 1 is 1.09 bits per heavy atom. The van der Waals surface area contributed by atoms with Gasteiger partial charge in [-0.3, -0.25) is 9.59 Å². The topological polar surface area (TPSA) is 49.4 Å². The van der Waals surface area contributed by atoms with Gasteiger partial charge in [-0.25, -0.2) is 0 Å². The monoisotopic (exact) mass is 480 g/mol. The number of benzene rings is 2. The number of nitrogens with zero attached hydrogens (tertiary/aromatic N) is 1. The standard InChI is InChI=1S/C25H28ClF3N2O2/c1-16(2)23(30-22(32)15-17-4-3-5-20(14-17)25(27,28)29)24(33)31-12-10-19(11-13-31)18-6-8-21(26)9-7-18/h3-9,14,16,19,23H,10-13,15H2,1-2H3,(H,30,32)/t23-/m1/s1. The van der Waals surface area contributed by atoms with Crippen LogP contribution < -0.4 is 5.32 Å². The highest BCUT2D eigenvalue weighted by Crippen LogP contribution is 2.30. The lowest BCUT2D eigenvalue weighted by Crippen LogP contribution is -2.53. The van der Waals surface area contributed by atoms with Crippen molar-refractivity contribution < 1.29 is 22.8 Å². The van der Waals surface area contributed by atoms with Crippen molar-refractivity contribution in [2.24, 2.45) is 5.92 Å². The van der Waals surface area contributed by atoms with Crippen molar-refractivity contribution in [3.8, 4) is 0 Å². The molecule has 0 aliphatic carbocycles. The number of carbonyl (C=O) groups is 2. The first-order chi connectivity index (χ1) is 15.5. The van der Waals surface area contributed by atoms with Crippen LogP contribution in [0.4, 0.5) is 13.2 Å². The Bertz CT molecular complexity index is 968. The molecule has 0 bridgehead atoms. The summed E-state index contributed by atoms with van der Waals surface area (Å²) in [5, 5.41) is 3.43. The van der Waals surface area contributed by atoms with Gasteiger partial charge < -0.3 is 10.2 Å². The average Bonchev–Trinajstić information content (AvgIpc) is 2.77. The van der Waals surface area contributed by atoms with Crippen LogP contribution in [0.25, 0.3) is 0 Å². The Hall–Kier alpha value is -2.54. The van der Waals surface area contributed by atoms with E-state index < -0.39 is 23.7 Å². The quantitative estimate of drug-likeness (QED) is 0.597. The molecular formula is C25H28ClF3N2O2. The van der Waals surface area contributed by atoms with Gasteiger partial charge in [-0.05, 0) is 54.0 Å². The number of hydrogen-bond donors (Lipinski definition) is 1. The third-order valence-electron chi connectivity index (χ3n) is 6.02. The highest BCUT2D eigenvalue weighted by atomic mass is 35.5. The third-order valence-corrected chi connectivity index (χ3v) is 6.27. The summed E-state index contributed by atoms with van der Waals surface area (Å²) in [5.74, 6) is -0.439. The predicted octanol–water partition coefficient (Wildman–Crippen LogP) is 5.45. The molecule has 2 amide bonds. The fraction of sp³-hybridized carbons (Fsp3) is 0.440. The molecule has 4 nitrogen and oxygen atoms in total. The maximum absolute atomic E-state index is 13.1. The lowest BCUT2D eigenvalue weighted by atomic mass is 9.89. The molecule has 2 aromatic carbocycles. The third kappa shape index (κ3) is 6.73. The van der Waals surface area contributed by atoms with Crippen LogP contribution in [0.15, 0.2) is 48.5 Å². The minimum Gasteiger partial charge on any atom is -0.344 e. The number of rotatable bonds is 6. The summed E-state index contributed by atoms with van der Waals surface area (Å²) in [4.78, 5) is 27.5. The van der Waals surface area contributed by atoms with Crippen molar-refractivity contribution in [2.45, 2.75) is 51.2 Å². The minimum atomic E-state index is -4.47. The lowest BCUT2D eigenvalue weighted by molar-refractivity contribution is -0.138. The van der Waals surface area contributed by atoms with Crippen LogP contribution in [0, 0.1) is 5.92 Å². The zero-order valence-corrected chi connectivity index (χ0v) is 19.4. The van der Waals surface area contributed by atoms with Gasteiger partial charge in [-0.1, -0.05) is 55.8 Å². The molecule has 0 saturated carbocycles. The molecule has 3 rings (SSSR count). The number of alkyl halides is 3. The fourth-order valence-corrected chi connectivity index (χ4v) is 4.27. The zero-order chi connectivity index (χ0) is 24.2. The molecule has 0 unspecified atom stereocenters. The van der Waals surface area contributed by atoms with Gasteiger partial charge in [-0.2, -0.15) is 13.2 Å². The van der Waals surface area contributed by atoms with E-state index in [1.807, 2.05) is 38.1 Å². The van der Waals surface area contributed by atoms with Crippen LogP contribution in [0.5, 0.6) is 0 Å².